The smallest absolute Gasteiger partial charge is 0.0320 e. The van der Waals surface area contributed by atoms with E-state index in [0.29, 0.717) is 6.04 Å². The average Bonchev–Trinajstić information content (AvgIpc) is 2.27. The quantitative estimate of drug-likeness (QED) is 0.770. The molecule has 0 saturated carbocycles. The lowest BCUT2D eigenvalue weighted by molar-refractivity contribution is 0.323. The van der Waals surface area contributed by atoms with Crippen LogP contribution in [0.4, 0.5) is 0 Å². The van der Waals surface area contributed by atoms with E-state index in [1.165, 1.54) is 16.3 Å². The van der Waals surface area contributed by atoms with Crippen LogP contribution in [0, 0.1) is 0 Å². The molecule has 0 aromatic heterocycles. The maximum Gasteiger partial charge on any atom is 0.0320 e. The minimum atomic E-state index is 0.400. The van der Waals surface area contributed by atoms with Crippen LogP contribution in [-0.4, -0.2) is 19.0 Å². The van der Waals surface area contributed by atoms with Crippen molar-refractivity contribution in [3.05, 3.63) is 42.0 Å². The van der Waals surface area contributed by atoms with Crippen molar-refractivity contribution in [1.82, 2.24) is 4.90 Å². The highest BCUT2D eigenvalue weighted by Gasteiger charge is 2.12. The fourth-order valence-corrected chi connectivity index (χ4v) is 2.32. The third-order valence-corrected chi connectivity index (χ3v) is 3.51. The maximum absolute atomic E-state index is 4.56. The van der Waals surface area contributed by atoms with E-state index in [1.54, 1.807) is 0 Å². The first-order chi connectivity index (χ1) is 7.61. The van der Waals surface area contributed by atoms with Gasteiger partial charge in [0, 0.05) is 10.9 Å². The molecule has 0 unspecified atom stereocenters. The van der Waals surface area contributed by atoms with Crippen molar-refractivity contribution in [3.63, 3.8) is 0 Å². The van der Waals surface area contributed by atoms with Gasteiger partial charge in [-0.3, -0.25) is 0 Å². The van der Waals surface area contributed by atoms with Crippen molar-refractivity contribution in [2.45, 2.75) is 17.9 Å². The first-order valence-corrected chi connectivity index (χ1v) is 5.93. The zero-order chi connectivity index (χ0) is 11.7. The number of fused-ring (bicyclic) bond motifs is 1. The molecule has 84 valence electrons. The molecule has 2 heteroatoms. The van der Waals surface area contributed by atoms with E-state index < -0.39 is 0 Å². The number of hydrogen-bond donors (Lipinski definition) is 1. The van der Waals surface area contributed by atoms with Crippen LogP contribution >= 0.6 is 12.6 Å². The molecule has 0 radical (unpaired) electrons. The summed E-state index contributed by atoms with van der Waals surface area (Å²) >= 11 is 4.56. The second kappa shape index (κ2) is 4.48. The number of thiol groups is 1. The topological polar surface area (TPSA) is 3.24 Å². The Bertz CT molecular complexity index is 500. The Morgan fingerprint density at radius 1 is 1.06 bits per heavy atom. The molecule has 1 atom stereocenters. The molecule has 2 aromatic carbocycles. The van der Waals surface area contributed by atoms with Gasteiger partial charge in [0.15, 0.2) is 0 Å². The van der Waals surface area contributed by atoms with Gasteiger partial charge in [0.25, 0.3) is 0 Å². The number of benzene rings is 2. The second-order valence-corrected chi connectivity index (χ2v) is 4.84. The van der Waals surface area contributed by atoms with Gasteiger partial charge in [0.05, 0.1) is 0 Å². The van der Waals surface area contributed by atoms with Crippen molar-refractivity contribution in [3.8, 4) is 0 Å². The Labute approximate surface area is 102 Å². The molecule has 0 N–H and O–H groups in total. The van der Waals surface area contributed by atoms with Crippen molar-refractivity contribution >= 4 is 23.4 Å². The average molecular weight is 231 g/mol. The van der Waals surface area contributed by atoms with Crippen LogP contribution in [-0.2, 0) is 0 Å². The lowest BCUT2D eigenvalue weighted by Crippen LogP contribution is -2.17. The first kappa shape index (κ1) is 11.5. The van der Waals surface area contributed by atoms with Gasteiger partial charge in [0.1, 0.15) is 0 Å². The standard InChI is InChI=1S/C14H17NS/c1-10(15(2)3)12-8-4-6-11-7-5-9-13(16)14(11)12/h4-10,16H,1-3H3/t10-/m1/s1. The van der Waals surface area contributed by atoms with Gasteiger partial charge in [-0.1, -0.05) is 30.3 Å². The highest BCUT2D eigenvalue weighted by atomic mass is 32.1. The summed E-state index contributed by atoms with van der Waals surface area (Å²) in [6.45, 7) is 2.22. The van der Waals surface area contributed by atoms with Gasteiger partial charge in [0.2, 0.25) is 0 Å². The summed E-state index contributed by atoms with van der Waals surface area (Å²) in [5, 5.41) is 2.54. The molecule has 0 spiro atoms. The summed E-state index contributed by atoms with van der Waals surface area (Å²) in [4.78, 5) is 3.27. The van der Waals surface area contributed by atoms with E-state index in [1.807, 2.05) is 0 Å². The van der Waals surface area contributed by atoms with E-state index in [-0.39, 0.29) is 0 Å². The van der Waals surface area contributed by atoms with Crippen LogP contribution in [0.5, 0.6) is 0 Å². The van der Waals surface area contributed by atoms with Crippen LogP contribution < -0.4 is 0 Å². The van der Waals surface area contributed by atoms with Crippen molar-refractivity contribution < 1.29 is 0 Å². The molecule has 1 nitrogen and oxygen atoms in total. The van der Waals surface area contributed by atoms with Crippen molar-refractivity contribution in [2.24, 2.45) is 0 Å². The Balaban J connectivity index is 2.70. The Kier molecular flexibility index (Phi) is 3.22. The molecule has 0 bridgehead atoms. The number of rotatable bonds is 2. The summed E-state index contributed by atoms with van der Waals surface area (Å²) in [7, 11) is 4.20. The maximum atomic E-state index is 4.56. The molecule has 0 fully saturated rings. The van der Waals surface area contributed by atoms with Gasteiger partial charge in [-0.05, 0) is 43.4 Å². The highest BCUT2D eigenvalue weighted by Crippen LogP contribution is 2.31. The lowest BCUT2D eigenvalue weighted by atomic mass is 9.99. The largest absolute Gasteiger partial charge is 0.303 e. The predicted octanol–water partition coefficient (Wildman–Crippen LogP) is 3.75. The van der Waals surface area contributed by atoms with Crippen molar-refractivity contribution in [1.29, 1.82) is 0 Å². The van der Waals surface area contributed by atoms with Gasteiger partial charge in [-0.15, -0.1) is 12.6 Å². The summed E-state index contributed by atoms with van der Waals surface area (Å²) in [6.07, 6.45) is 0. The number of hydrogen-bond acceptors (Lipinski definition) is 2. The summed E-state index contributed by atoms with van der Waals surface area (Å²) in [5.74, 6) is 0. The van der Waals surface area contributed by atoms with Gasteiger partial charge in [-0.2, -0.15) is 0 Å². The molecule has 0 heterocycles. The van der Waals surface area contributed by atoms with Crippen LogP contribution in [0.2, 0.25) is 0 Å². The van der Waals surface area contributed by atoms with Crippen LogP contribution in [0.3, 0.4) is 0 Å². The third kappa shape index (κ3) is 1.95. The molecule has 2 rings (SSSR count). The highest BCUT2D eigenvalue weighted by molar-refractivity contribution is 7.80. The summed E-state index contributed by atoms with van der Waals surface area (Å²) in [5.41, 5.74) is 1.34. The Morgan fingerprint density at radius 3 is 2.31 bits per heavy atom. The normalized spacial score (nSPS) is 13.3. The fraction of sp³-hybridized carbons (Fsp3) is 0.286. The van der Waals surface area contributed by atoms with E-state index in [2.05, 4.69) is 74.9 Å². The van der Waals surface area contributed by atoms with Crippen LogP contribution in [0.1, 0.15) is 18.5 Å². The molecule has 0 amide bonds. The molecular weight excluding hydrogens is 214 g/mol. The van der Waals surface area contributed by atoms with E-state index in [0.717, 1.165) is 4.90 Å². The van der Waals surface area contributed by atoms with Gasteiger partial charge < -0.3 is 4.90 Å². The first-order valence-electron chi connectivity index (χ1n) is 5.48. The lowest BCUT2D eigenvalue weighted by Gasteiger charge is -2.22. The Morgan fingerprint density at radius 2 is 1.69 bits per heavy atom. The molecule has 0 aliphatic heterocycles. The van der Waals surface area contributed by atoms with E-state index in [9.17, 15) is 0 Å². The summed E-state index contributed by atoms with van der Waals surface area (Å²) < 4.78 is 0. The number of nitrogens with zero attached hydrogens (tertiary/aromatic N) is 1. The van der Waals surface area contributed by atoms with E-state index in [4.69, 9.17) is 0 Å². The molecule has 0 saturated heterocycles. The molecule has 0 aliphatic carbocycles. The Hall–Kier alpha value is -0.990. The summed E-state index contributed by atoms with van der Waals surface area (Å²) in [6, 6.07) is 13.1. The minimum absolute atomic E-state index is 0.400. The molecule has 16 heavy (non-hydrogen) atoms. The van der Waals surface area contributed by atoms with Crippen LogP contribution in [0.15, 0.2) is 41.3 Å². The SMILES string of the molecule is C[C@H](c1cccc2cccc(S)c12)N(C)C. The molecule has 2 aromatic rings. The zero-order valence-electron chi connectivity index (χ0n) is 9.94. The predicted molar refractivity (Wildman–Crippen MR) is 73.3 cm³/mol. The zero-order valence-corrected chi connectivity index (χ0v) is 10.8. The fourth-order valence-electron chi connectivity index (χ4n) is 1.98. The van der Waals surface area contributed by atoms with Crippen LogP contribution in [0.25, 0.3) is 10.8 Å². The van der Waals surface area contributed by atoms with E-state index >= 15 is 0 Å². The monoisotopic (exact) mass is 231 g/mol. The van der Waals surface area contributed by atoms with Gasteiger partial charge in [-0.25, -0.2) is 0 Å². The molecular formula is C14H17NS. The molecule has 0 aliphatic rings. The minimum Gasteiger partial charge on any atom is -0.303 e. The second-order valence-electron chi connectivity index (χ2n) is 4.36. The third-order valence-electron chi connectivity index (χ3n) is 3.14. The van der Waals surface area contributed by atoms with Crippen molar-refractivity contribution in [2.75, 3.05) is 14.1 Å². The van der Waals surface area contributed by atoms with Gasteiger partial charge >= 0.3 is 0 Å².